The lowest BCUT2D eigenvalue weighted by Crippen LogP contribution is -2.49. The van der Waals surface area contributed by atoms with Crippen molar-refractivity contribution < 1.29 is 9.53 Å². The minimum atomic E-state index is -0.589. The summed E-state index contributed by atoms with van der Waals surface area (Å²) in [5.41, 5.74) is 6.37. The first-order valence-electron chi connectivity index (χ1n) is 8.26. The molecule has 1 aromatic rings. The number of hydrogen-bond acceptors (Lipinski definition) is 3. The van der Waals surface area contributed by atoms with E-state index in [-0.39, 0.29) is 11.8 Å². The molecule has 1 heterocycles. The number of nitrogens with two attached hydrogens (primary N) is 1. The van der Waals surface area contributed by atoms with Gasteiger partial charge in [0.1, 0.15) is 0 Å². The Balaban J connectivity index is 2.25. The molecule has 4 nitrogen and oxygen atoms in total. The fraction of sp³-hybridized carbons (Fsp3) is 0.611. The predicted octanol–water partition coefficient (Wildman–Crippen LogP) is 2.18. The molecule has 0 bridgehead atoms. The summed E-state index contributed by atoms with van der Waals surface area (Å²) in [5, 5.41) is 0. The second-order valence-electron chi connectivity index (χ2n) is 6.21. The first kappa shape index (κ1) is 17.0. The van der Waals surface area contributed by atoms with Crippen LogP contribution in [0.2, 0.25) is 0 Å². The number of carbonyl (C=O) groups is 1. The Kier molecular flexibility index (Phi) is 5.98. The van der Waals surface area contributed by atoms with Crippen LogP contribution in [-0.2, 0) is 14.9 Å². The van der Waals surface area contributed by atoms with Gasteiger partial charge in [0.05, 0.1) is 18.6 Å². The van der Waals surface area contributed by atoms with Gasteiger partial charge < -0.3 is 10.5 Å². The van der Waals surface area contributed by atoms with Gasteiger partial charge in [0.2, 0.25) is 5.91 Å². The Labute approximate surface area is 133 Å². The lowest BCUT2D eigenvalue weighted by atomic mass is 9.67. The molecule has 1 aliphatic rings. The first-order chi connectivity index (χ1) is 10.6. The Bertz CT molecular complexity index is 471. The van der Waals surface area contributed by atoms with Gasteiger partial charge in [-0.3, -0.25) is 9.69 Å². The molecule has 2 unspecified atom stereocenters. The smallest absolute Gasteiger partial charge is 0.228 e. The number of primary amides is 1. The number of nitrogens with zero attached hydrogens (tertiary/aromatic N) is 1. The summed E-state index contributed by atoms with van der Waals surface area (Å²) in [5.74, 6) is 0.00903. The fourth-order valence-corrected chi connectivity index (χ4v) is 3.43. The summed E-state index contributed by atoms with van der Waals surface area (Å²) in [7, 11) is 0. The summed E-state index contributed by atoms with van der Waals surface area (Å²) in [6.45, 7) is 8.56. The van der Waals surface area contributed by atoms with Gasteiger partial charge in [-0.05, 0) is 24.4 Å². The molecule has 0 aliphatic carbocycles. The third-order valence-electron chi connectivity index (χ3n) is 5.11. The van der Waals surface area contributed by atoms with Crippen molar-refractivity contribution in [2.45, 2.75) is 32.1 Å². The van der Waals surface area contributed by atoms with E-state index in [0.29, 0.717) is 0 Å². The van der Waals surface area contributed by atoms with Crippen LogP contribution in [0.15, 0.2) is 30.3 Å². The molecule has 2 N–H and O–H groups in total. The molecule has 22 heavy (non-hydrogen) atoms. The molecule has 0 aromatic heterocycles. The van der Waals surface area contributed by atoms with E-state index in [1.54, 1.807) is 0 Å². The predicted molar refractivity (Wildman–Crippen MR) is 88.6 cm³/mol. The maximum Gasteiger partial charge on any atom is 0.228 e. The number of ether oxygens (including phenoxy) is 1. The maximum absolute atomic E-state index is 12.5. The molecular weight excluding hydrogens is 276 g/mol. The number of rotatable bonds is 7. The monoisotopic (exact) mass is 304 g/mol. The zero-order valence-corrected chi connectivity index (χ0v) is 13.8. The summed E-state index contributed by atoms with van der Waals surface area (Å²) >= 11 is 0. The maximum atomic E-state index is 12.5. The molecule has 122 valence electrons. The number of hydrogen-bond donors (Lipinski definition) is 1. The molecule has 1 saturated heterocycles. The van der Waals surface area contributed by atoms with Crippen LogP contribution >= 0.6 is 0 Å². The quantitative estimate of drug-likeness (QED) is 0.840. The van der Waals surface area contributed by atoms with E-state index in [1.807, 2.05) is 30.3 Å². The van der Waals surface area contributed by atoms with Crippen molar-refractivity contribution in [1.82, 2.24) is 4.90 Å². The standard InChI is InChI=1S/C18H28N2O2/c1-3-15(2)18(17(19)21,16-7-5-4-6-8-16)9-10-20-11-13-22-14-12-20/h4-8,15H,3,9-14H2,1-2H3,(H2,19,21). The van der Waals surface area contributed by atoms with Gasteiger partial charge in [0.15, 0.2) is 0 Å². The lowest BCUT2D eigenvalue weighted by Gasteiger charge is -2.39. The van der Waals surface area contributed by atoms with Crippen molar-refractivity contribution in [2.75, 3.05) is 32.8 Å². The van der Waals surface area contributed by atoms with E-state index in [1.165, 1.54) is 0 Å². The van der Waals surface area contributed by atoms with Gasteiger partial charge in [-0.1, -0.05) is 50.6 Å². The summed E-state index contributed by atoms with van der Waals surface area (Å²) in [6, 6.07) is 10.0. The van der Waals surface area contributed by atoms with E-state index >= 15 is 0 Å². The third-order valence-corrected chi connectivity index (χ3v) is 5.11. The molecule has 0 saturated carbocycles. The summed E-state index contributed by atoms with van der Waals surface area (Å²) in [6.07, 6.45) is 1.70. The Morgan fingerprint density at radius 1 is 1.32 bits per heavy atom. The van der Waals surface area contributed by atoms with Crippen molar-refractivity contribution in [3.05, 3.63) is 35.9 Å². The average Bonchev–Trinajstić information content (AvgIpc) is 2.56. The van der Waals surface area contributed by atoms with Crippen LogP contribution in [0.5, 0.6) is 0 Å². The lowest BCUT2D eigenvalue weighted by molar-refractivity contribution is -0.126. The largest absolute Gasteiger partial charge is 0.379 e. The van der Waals surface area contributed by atoms with E-state index in [0.717, 1.165) is 51.3 Å². The molecule has 0 spiro atoms. The van der Waals surface area contributed by atoms with E-state index < -0.39 is 5.41 Å². The van der Waals surface area contributed by atoms with E-state index in [4.69, 9.17) is 10.5 Å². The number of amides is 1. The van der Waals surface area contributed by atoms with Crippen LogP contribution in [0.4, 0.5) is 0 Å². The average molecular weight is 304 g/mol. The zero-order valence-electron chi connectivity index (χ0n) is 13.8. The molecule has 2 rings (SSSR count). The van der Waals surface area contributed by atoms with Gasteiger partial charge in [0, 0.05) is 13.1 Å². The van der Waals surface area contributed by atoms with Crippen LogP contribution in [0.25, 0.3) is 0 Å². The normalized spacial score (nSPS) is 20.3. The third kappa shape index (κ3) is 3.50. The van der Waals surface area contributed by atoms with Gasteiger partial charge in [-0.25, -0.2) is 0 Å². The SMILES string of the molecule is CCC(C)C(CCN1CCOCC1)(C(N)=O)c1ccccc1. The Morgan fingerprint density at radius 2 is 1.95 bits per heavy atom. The van der Waals surface area contributed by atoms with Crippen molar-refractivity contribution in [1.29, 1.82) is 0 Å². The molecular formula is C18H28N2O2. The van der Waals surface area contributed by atoms with Crippen molar-refractivity contribution in [3.63, 3.8) is 0 Å². The molecule has 1 amide bonds. The summed E-state index contributed by atoms with van der Waals surface area (Å²) in [4.78, 5) is 14.8. The van der Waals surface area contributed by atoms with Crippen molar-refractivity contribution in [2.24, 2.45) is 11.7 Å². The highest BCUT2D eigenvalue weighted by Gasteiger charge is 2.42. The topological polar surface area (TPSA) is 55.6 Å². The summed E-state index contributed by atoms with van der Waals surface area (Å²) < 4.78 is 5.40. The van der Waals surface area contributed by atoms with Gasteiger partial charge in [-0.15, -0.1) is 0 Å². The number of morpholine rings is 1. The highest BCUT2D eigenvalue weighted by atomic mass is 16.5. The number of carbonyl (C=O) groups excluding carboxylic acids is 1. The van der Waals surface area contributed by atoms with Gasteiger partial charge in [-0.2, -0.15) is 0 Å². The number of benzene rings is 1. The van der Waals surface area contributed by atoms with E-state index in [9.17, 15) is 4.79 Å². The molecule has 1 fully saturated rings. The van der Waals surface area contributed by atoms with E-state index in [2.05, 4.69) is 18.7 Å². The van der Waals surface area contributed by atoms with Crippen LogP contribution in [0.1, 0.15) is 32.3 Å². The van der Waals surface area contributed by atoms with Crippen LogP contribution in [0.3, 0.4) is 0 Å². The minimum Gasteiger partial charge on any atom is -0.379 e. The molecule has 4 heteroatoms. The molecule has 1 aromatic carbocycles. The fourth-order valence-electron chi connectivity index (χ4n) is 3.43. The zero-order chi connectivity index (χ0) is 16.0. The highest BCUT2D eigenvalue weighted by Crippen LogP contribution is 2.37. The molecule has 1 aliphatic heterocycles. The second kappa shape index (κ2) is 7.75. The Hall–Kier alpha value is -1.39. The van der Waals surface area contributed by atoms with Crippen molar-refractivity contribution in [3.8, 4) is 0 Å². The van der Waals surface area contributed by atoms with Crippen LogP contribution in [-0.4, -0.2) is 43.7 Å². The molecule has 0 radical (unpaired) electrons. The minimum absolute atomic E-state index is 0.207. The van der Waals surface area contributed by atoms with Crippen LogP contribution in [0, 0.1) is 5.92 Å². The van der Waals surface area contributed by atoms with Gasteiger partial charge >= 0.3 is 0 Å². The van der Waals surface area contributed by atoms with Crippen LogP contribution < -0.4 is 5.73 Å². The van der Waals surface area contributed by atoms with Gasteiger partial charge in [0.25, 0.3) is 0 Å². The Morgan fingerprint density at radius 3 is 2.50 bits per heavy atom. The highest BCUT2D eigenvalue weighted by molar-refractivity contribution is 5.87. The molecule has 2 atom stereocenters. The first-order valence-corrected chi connectivity index (χ1v) is 8.26. The van der Waals surface area contributed by atoms with Crippen molar-refractivity contribution >= 4 is 5.91 Å². The second-order valence-corrected chi connectivity index (χ2v) is 6.21.